The van der Waals surface area contributed by atoms with Crippen molar-refractivity contribution in [3.8, 4) is 0 Å². The zero-order valence-electron chi connectivity index (χ0n) is 15.0. The van der Waals surface area contributed by atoms with Crippen molar-refractivity contribution in [3.63, 3.8) is 0 Å². The van der Waals surface area contributed by atoms with Crippen molar-refractivity contribution in [2.45, 2.75) is 32.2 Å². The van der Waals surface area contributed by atoms with Crippen molar-refractivity contribution in [1.29, 1.82) is 0 Å². The van der Waals surface area contributed by atoms with Crippen molar-refractivity contribution in [2.75, 3.05) is 31.2 Å². The molecule has 136 valence electrons. The summed E-state index contributed by atoms with van der Waals surface area (Å²) in [6.45, 7) is 3.70. The zero-order chi connectivity index (χ0) is 17.8. The lowest BCUT2D eigenvalue weighted by Crippen LogP contribution is -2.36. The summed E-state index contributed by atoms with van der Waals surface area (Å²) < 4.78 is 5.39. The third-order valence-electron chi connectivity index (χ3n) is 5.21. The summed E-state index contributed by atoms with van der Waals surface area (Å²) in [5.74, 6) is 0.942. The molecule has 26 heavy (non-hydrogen) atoms. The molecule has 2 aromatic rings. The average Bonchev–Trinajstić information content (AvgIpc) is 2.72. The van der Waals surface area contributed by atoms with Gasteiger partial charge >= 0.3 is 0 Å². The van der Waals surface area contributed by atoms with Crippen LogP contribution in [0.1, 0.15) is 39.9 Å². The number of hydrogen-bond acceptors (Lipinski definition) is 4. The van der Waals surface area contributed by atoms with E-state index in [1.807, 2.05) is 18.3 Å². The van der Waals surface area contributed by atoms with Crippen LogP contribution < -0.4 is 10.2 Å². The van der Waals surface area contributed by atoms with E-state index in [0.717, 1.165) is 56.1 Å². The average molecular weight is 351 g/mol. The van der Waals surface area contributed by atoms with Gasteiger partial charge in [0.25, 0.3) is 5.91 Å². The van der Waals surface area contributed by atoms with Crippen LogP contribution in [-0.4, -0.2) is 37.2 Å². The highest BCUT2D eigenvalue weighted by Crippen LogP contribution is 2.22. The first-order valence-corrected chi connectivity index (χ1v) is 9.47. The molecule has 1 N–H and O–H groups in total. The topological polar surface area (TPSA) is 54.5 Å². The molecule has 5 nitrogen and oxygen atoms in total. The van der Waals surface area contributed by atoms with Crippen LogP contribution in [0.15, 0.2) is 36.5 Å². The number of morpholine rings is 1. The number of ether oxygens (including phenoxy) is 1. The third-order valence-corrected chi connectivity index (χ3v) is 5.21. The van der Waals surface area contributed by atoms with Gasteiger partial charge in [-0.05, 0) is 66.6 Å². The molecular weight excluding hydrogens is 326 g/mol. The summed E-state index contributed by atoms with van der Waals surface area (Å²) in [6, 6.07) is 10.1. The highest BCUT2D eigenvalue weighted by atomic mass is 16.5. The number of anilines is 1. The van der Waals surface area contributed by atoms with Crippen molar-refractivity contribution in [3.05, 3.63) is 58.8 Å². The van der Waals surface area contributed by atoms with Gasteiger partial charge in [-0.3, -0.25) is 4.79 Å². The maximum absolute atomic E-state index is 12.5. The minimum Gasteiger partial charge on any atom is -0.378 e. The van der Waals surface area contributed by atoms with Crippen LogP contribution in [0.25, 0.3) is 0 Å². The Labute approximate surface area is 154 Å². The molecule has 0 saturated carbocycles. The van der Waals surface area contributed by atoms with E-state index in [0.29, 0.717) is 6.54 Å². The van der Waals surface area contributed by atoms with Gasteiger partial charge in [0.05, 0.1) is 13.2 Å². The summed E-state index contributed by atoms with van der Waals surface area (Å²) in [7, 11) is 0. The second-order valence-corrected chi connectivity index (χ2v) is 6.99. The SMILES string of the molecule is O=C(NCc1ccnc(N2CCOCC2)c1)c1ccc2c(c1)CCCC2. The molecule has 2 heterocycles. The number of nitrogens with one attached hydrogen (secondary N) is 1. The molecular formula is C21H25N3O2. The zero-order valence-corrected chi connectivity index (χ0v) is 15.0. The van der Waals surface area contributed by atoms with E-state index in [4.69, 9.17) is 4.74 Å². The minimum atomic E-state index is -0.0110. The highest BCUT2D eigenvalue weighted by Gasteiger charge is 2.14. The normalized spacial score (nSPS) is 16.8. The first-order chi connectivity index (χ1) is 12.8. The molecule has 2 aliphatic rings. The van der Waals surface area contributed by atoms with Crippen LogP contribution >= 0.6 is 0 Å². The number of rotatable bonds is 4. The highest BCUT2D eigenvalue weighted by molar-refractivity contribution is 5.94. The van der Waals surface area contributed by atoms with E-state index < -0.39 is 0 Å². The number of carbonyl (C=O) groups excluding carboxylic acids is 1. The summed E-state index contributed by atoms with van der Waals surface area (Å²) in [5.41, 5.74) is 4.56. The fourth-order valence-corrected chi connectivity index (χ4v) is 3.70. The molecule has 1 aromatic carbocycles. The predicted octanol–water partition coefficient (Wildman–Crippen LogP) is 2.73. The fourth-order valence-electron chi connectivity index (χ4n) is 3.70. The molecule has 0 unspecified atom stereocenters. The second-order valence-electron chi connectivity index (χ2n) is 6.99. The largest absolute Gasteiger partial charge is 0.378 e. The van der Waals surface area contributed by atoms with Crippen LogP contribution in [0.4, 0.5) is 5.82 Å². The van der Waals surface area contributed by atoms with Crippen LogP contribution in [0, 0.1) is 0 Å². The maximum Gasteiger partial charge on any atom is 0.251 e. The van der Waals surface area contributed by atoms with Gasteiger partial charge in [-0.1, -0.05) is 6.07 Å². The van der Waals surface area contributed by atoms with Crippen molar-refractivity contribution in [2.24, 2.45) is 0 Å². The Balaban J connectivity index is 1.40. The Hall–Kier alpha value is -2.40. The third kappa shape index (κ3) is 3.88. The molecule has 1 amide bonds. The minimum absolute atomic E-state index is 0.0110. The number of amides is 1. The molecule has 0 spiro atoms. The monoisotopic (exact) mass is 351 g/mol. The van der Waals surface area contributed by atoms with Crippen molar-refractivity contribution >= 4 is 11.7 Å². The van der Waals surface area contributed by atoms with Gasteiger partial charge in [0, 0.05) is 31.4 Å². The maximum atomic E-state index is 12.5. The number of benzene rings is 1. The molecule has 4 rings (SSSR count). The lowest BCUT2D eigenvalue weighted by molar-refractivity contribution is 0.0950. The molecule has 0 atom stereocenters. The Morgan fingerprint density at radius 1 is 1.08 bits per heavy atom. The van der Waals surface area contributed by atoms with Crippen LogP contribution in [0.5, 0.6) is 0 Å². The van der Waals surface area contributed by atoms with Gasteiger partial charge in [-0.2, -0.15) is 0 Å². The fraction of sp³-hybridized carbons (Fsp3) is 0.429. The van der Waals surface area contributed by atoms with E-state index in [1.165, 1.54) is 24.0 Å². The Morgan fingerprint density at radius 2 is 1.88 bits per heavy atom. The standard InChI is InChI=1S/C21H25N3O2/c25-21(19-6-5-17-3-1-2-4-18(17)14-19)23-15-16-7-8-22-20(13-16)24-9-11-26-12-10-24/h5-8,13-14H,1-4,9-12,15H2,(H,23,25). The van der Waals surface area contributed by atoms with Gasteiger partial charge in [0.1, 0.15) is 5.82 Å². The summed E-state index contributed by atoms with van der Waals surface area (Å²) >= 11 is 0. The number of carbonyl (C=O) groups is 1. The van der Waals surface area contributed by atoms with Gasteiger partial charge in [-0.25, -0.2) is 4.98 Å². The van der Waals surface area contributed by atoms with Crippen LogP contribution in [-0.2, 0) is 24.1 Å². The Kier molecular flexibility index (Phi) is 5.16. The van der Waals surface area contributed by atoms with Crippen LogP contribution in [0.2, 0.25) is 0 Å². The van der Waals surface area contributed by atoms with Gasteiger partial charge in [0.15, 0.2) is 0 Å². The molecule has 1 aliphatic carbocycles. The van der Waals surface area contributed by atoms with Gasteiger partial charge < -0.3 is 15.0 Å². The Bertz CT molecular complexity index is 785. The number of pyridine rings is 1. The summed E-state index contributed by atoms with van der Waals surface area (Å²) in [4.78, 5) is 19.2. The molecule has 0 bridgehead atoms. The quantitative estimate of drug-likeness (QED) is 0.920. The van der Waals surface area contributed by atoms with Crippen molar-refractivity contribution in [1.82, 2.24) is 10.3 Å². The summed E-state index contributed by atoms with van der Waals surface area (Å²) in [6.07, 6.45) is 6.51. The molecule has 1 aliphatic heterocycles. The number of aromatic nitrogens is 1. The van der Waals surface area contributed by atoms with Gasteiger partial charge in [0.2, 0.25) is 0 Å². The lowest BCUT2D eigenvalue weighted by Gasteiger charge is -2.28. The van der Waals surface area contributed by atoms with E-state index >= 15 is 0 Å². The molecule has 1 fully saturated rings. The van der Waals surface area contributed by atoms with Crippen molar-refractivity contribution < 1.29 is 9.53 Å². The molecule has 1 aromatic heterocycles. The Morgan fingerprint density at radius 3 is 2.73 bits per heavy atom. The molecule has 0 radical (unpaired) electrons. The summed E-state index contributed by atoms with van der Waals surface area (Å²) in [5, 5.41) is 3.04. The number of fused-ring (bicyclic) bond motifs is 1. The second kappa shape index (κ2) is 7.87. The van der Waals surface area contributed by atoms with E-state index in [2.05, 4.69) is 33.4 Å². The molecule has 5 heteroatoms. The predicted molar refractivity (Wildman–Crippen MR) is 102 cm³/mol. The van der Waals surface area contributed by atoms with Gasteiger partial charge in [-0.15, -0.1) is 0 Å². The first-order valence-electron chi connectivity index (χ1n) is 9.47. The lowest BCUT2D eigenvalue weighted by atomic mass is 9.90. The van der Waals surface area contributed by atoms with E-state index in [-0.39, 0.29) is 5.91 Å². The molecule has 1 saturated heterocycles. The number of nitrogens with zero attached hydrogens (tertiary/aromatic N) is 2. The smallest absolute Gasteiger partial charge is 0.251 e. The number of hydrogen-bond donors (Lipinski definition) is 1. The first kappa shape index (κ1) is 17.0. The van der Waals surface area contributed by atoms with E-state index in [1.54, 1.807) is 0 Å². The van der Waals surface area contributed by atoms with E-state index in [9.17, 15) is 4.79 Å². The number of aryl methyl sites for hydroxylation is 2. The van der Waals surface area contributed by atoms with Crippen LogP contribution in [0.3, 0.4) is 0 Å².